The van der Waals surface area contributed by atoms with Gasteiger partial charge in [0.2, 0.25) is 0 Å². The van der Waals surface area contributed by atoms with Crippen molar-refractivity contribution in [1.29, 1.82) is 0 Å². The topological polar surface area (TPSA) is 56.5 Å². The van der Waals surface area contributed by atoms with Gasteiger partial charge in [0.15, 0.2) is 11.5 Å². The van der Waals surface area contributed by atoms with E-state index in [0.29, 0.717) is 19.1 Å². The normalized spacial score (nSPS) is 26.9. The van der Waals surface area contributed by atoms with Crippen molar-refractivity contribution in [2.45, 2.75) is 13.0 Å². The molecule has 2 aliphatic heterocycles. The first-order chi connectivity index (χ1) is 7.75. The molecule has 0 spiro atoms. The zero-order chi connectivity index (χ0) is 11.1. The first-order valence-electron chi connectivity index (χ1n) is 5.68. The Labute approximate surface area is 94.7 Å². The van der Waals surface area contributed by atoms with Gasteiger partial charge in [-0.3, -0.25) is 0 Å². The van der Waals surface area contributed by atoms with Crippen LogP contribution in [-0.2, 0) is 0 Å². The smallest absolute Gasteiger partial charge is 0.163 e. The van der Waals surface area contributed by atoms with Crippen LogP contribution in [0, 0.1) is 5.92 Å². The van der Waals surface area contributed by atoms with Gasteiger partial charge in [-0.25, -0.2) is 0 Å². The molecule has 3 rings (SSSR count). The summed E-state index contributed by atoms with van der Waals surface area (Å²) in [6.07, 6.45) is 0. The summed E-state index contributed by atoms with van der Waals surface area (Å²) < 4.78 is 11.1. The molecule has 86 valence electrons. The van der Waals surface area contributed by atoms with Crippen LogP contribution in [0.1, 0.15) is 18.5 Å². The average Bonchev–Trinajstić information content (AvgIpc) is 2.32. The number of benzene rings is 1. The monoisotopic (exact) mass is 220 g/mol. The molecule has 4 nitrogen and oxygen atoms in total. The molecule has 2 aliphatic rings. The van der Waals surface area contributed by atoms with Crippen LogP contribution in [-0.4, -0.2) is 19.8 Å². The molecule has 3 N–H and O–H groups in total. The molecule has 0 aliphatic carbocycles. The van der Waals surface area contributed by atoms with Crippen LogP contribution in [0.25, 0.3) is 0 Å². The number of anilines is 1. The second kappa shape index (κ2) is 3.56. The van der Waals surface area contributed by atoms with Crippen LogP contribution in [0.4, 0.5) is 5.69 Å². The van der Waals surface area contributed by atoms with E-state index in [0.717, 1.165) is 29.3 Å². The van der Waals surface area contributed by atoms with Gasteiger partial charge in [-0.05, 0) is 17.5 Å². The molecule has 2 unspecified atom stereocenters. The van der Waals surface area contributed by atoms with E-state index in [-0.39, 0.29) is 6.04 Å². The average molecular weight is 220 g/mol. The van der Waals surface area contributed by atoms with Gasteiger partial charge in [-0.2, -0.15) is 0 Å². The van der Waals surface area contributed by atoms with Gasteiger partial charge in [-0.15, -0.1) is 0 Å². The third-order valence-corrected chi connectivity index (χ3v) is 3.30. The van der Waals surface area contributed by atoms with E-state index < -0.39 is 0 Å². The number of nitrogens with two attached hydrogens (primary N) is 1. The second-order valence-electron chi connectivity index (χ2n) is 4.47. The summed E-state index contributed by atoms with van der Waals surface area (Å²) in [4.78, 5) is 0. The van der Waals surface area contributed by atoms with Crippen LogP contribution in [0.5, 0.6) is 11.5 Å². The van der Waals surface area contributed by atoms with Crippen LogP contribution in [0.3, 0.4) is 0 Å². The molecule has 2 heterocycles. The molecule has 0 saturated heterocycles. The van der Waals surface area contributed by atoms with Crippen molar-refractivity contribution in [3.8, 4) is 11.5 Å². The number of nitrogens with one attached hydrogen (secondary N) is 1. The van der Waals surface area contributed by atoms with Crippen LogP contribution >= 0.6 is 0 Å². The maximum atomic E-state index is 6.19. The Hall–Kier alpha value is -1.42. The third-order valence-electron chi connectivity index (χ3n) is 3.30. The van der Waals surface area contributed by atoms with Crippen molar-refractivity contribution in [2.24, 2.45) is 11.7 Å². The lowest BCUT2D eigenvalue weighted by Crippen LogP contribution is -2.31. The number of rotatable bonds is 0. The minimum atomic E-state index is 0.0760. The zero-order valence-corrected chi connectivity index (χ0v) is 9.32. The highest BCUT2D eigenvalue weighted by Gasteiger charge is 2.26. The lowest BCUT2D eigenvalue weighted by molar-refractivity contribution is 0.171. The quantitative estimate of drug-likeness (QED) is 0.696. The van der Waals surface area contributed by atoms with E-state index in [1.807, 2.05) is 12.1 Å². The minimum absolute atomic E-state index is 0.0760. The Bertz CT molecular complexity index is 420. The van der Waals surface area contributed by atoms with Gasteiger partial charge in [0, 0.05) is 24.3 Å². The number of ether oxygens (including phenoxy) is 2. The van der Waals surface area contributed by atoms with Crippen molar-refractivity contribution in [1.82, 2.24) is 0 Å². The molecule has 0 amide bonds. The first kappa shape index (κ1) is 9.78. The Morgan fingerprint density at radius 1 is 1.25 bits per heavy atom. The Morgan fingerprint density at radius 3 is 2.69 bits per heavy atom. The highest BCUT2D eigenvalue weighted by Crippen LogP contribution is 2.41. The fourth-order valence-corrected chi connectivity index (χ4v) is 2.24. The summed E-state index contributed by atoms with van der Waals surface area (Å²) in [6, 6.07) is 4.08. The molecule has 0 fully saturated rings. The highest BCUT2D eigenvalue weighted by molar-refractivity contribution is 5.63. The van der Waals surface area contributed by atoms with E-state index in [1.165, 1.54) is 0 Å². The molecule has 0 bridgehead atoms. The molecule has 0 radical (unpaired) electrons. The fourth-order valence-electron chi connectivity index (χ4n) is 2.24. The predicted octanol–water partition coefficient (Wildman–Crippen LogP) is 1.52. The molecule has 0 saturated carbocycles. The van der Waals surface area contributed by atoms with Gasteiger partial charge >= 0.3 is 0 Å². The Morgan fingerprint density at radius 2 is 1.94 bits per heavy atom. The number of hydrogen-bond acceptors (Lipinski definition) is 4. The minimum Gasteiger partial charge on any atom is -0.486 e. The molecule has 0 aromatic heterocycles. The van der Waals surface area contributed by atoms with E-state index in [9.17, 15) is 0 Å². The molecular formula is C12H16N2O2. The van der Waals surface area contributed by atoms with E-state index in [2.05, 4.69) is 12.2 Å². The summed E-state index contributed by atoms with van der Waals surface area (Å²) in [5.41, 5.74) is 8.39. The van der Waals surface area contributed by atoms with Gasteiger partial charge in [-0.1, -0.05) is 6.92 Å². The Kier molecular flexibility index (Phi) is 2.17. The molecule has 2 atom stereocenters. The van der Waals surface area contributed by atoms with Gasteiger partial charge in [0.05, 0.1) is 0 Å². The molecular weight excluding hydrogens is 204 g/mol. The molecule has 4 heteroatoms. The van der Waals surface area contributed by atoms with Crippen LogP contribution in [0.2, 0.25) is 0 Å². The van der Waals surface area contributed by atoms with Crippen LogP contribution < -0.4 is 20.5 Å². The van der Waals surface area contributed by atoms with Crippen molar-refractivity contribution < 1.29 is 9.47 Å². The van der Waals surface area contributed by atoms with Crippen molar-refractivity contribution in [3.05, 3.63) is 17.7 Å². The first-order valence-corrected chi connectivity index (χ1v) is 5.68. The van der Waals surface area contributed by atoms with Crippen molar-refractivity contribution in [2.75, 3.05) is 25.1 Å². The van der Waals surface area contributed by atoms with Crippen LogP contribution in [0.15, 0.2) is 12.1 Å². The SMILES string of the molecule is CC1CNc2cc3c(cc2C1N)OCCO3. The number of fused-ring (bicyclic) bond motifs is 2. The highest BCUT2D eigenvalue weighted by atomic mass is 16.6. The molecule has 1 aromatic rings. The maximum absolute atomic E-state index is 6.19. The summed E-state index contributed by atoms with van der Waals surface area (Å²) >= 11 is 0. The second-order valence-corrected chi connectivity index (χ2v) is 4.47. The summed E-state index contributed by atoms with van der Waals surface area (Å²) in [5.74, 6) is 2.07. The van der Waals surface area contributed by atoms with Gasteiger partial charge in [0.1, 0.15) is 13.2 Å². The molecule has 16 heavy (non-hydrogen) atoms. The van der Waals surface area contributed by atoms with Crippen molar-refractivity contribution >= 4 is 5.69 Å². The van der Waals surface area contributed by atoms with Gasteiger partial charge in [0.25, 0.3) is 0 Å². The van der Waals surface area contributed by atoms with E-state index in [1.54, 1.807) is 0 Å². The summed E-state index contributed by atoms with van der Waals surface area (Å²) in [7, 11) is 0. The van der Waals surface area contributed by atoms with Gasteiger partial charge < -0.3 is 20.5 Å². The standard InChI is InChI=1S/C12H16N2O2/c1-7-6-14-9-5-11-10(15-2-3-16-11)4-8(9)12(7)13/h4-5,7,12,14H,2-3,6,13H2,1H3. The fraction of sp³-hybridized carbons (Fsp3) is 0.500. The zero-order valence-electron chi connectivity index (χ0n) is 9.32. The lowest BCUT2D eigenvalue weighted by Gasteiger charge is -2.31. The largest absolute Gasteiger partial charge is 0.486 e. The van der Waals surface area contributed by atoms with E-state index >= 15 is 0 Å². The Balaban J connectivity index is 2.06. The third kappa shape index (κ3) is 1.41. The maximum Gasteiger partial charge on any atom is 0.163 e. The van der Waals surface area contributed by atoms with Crippen molar-refractivity contribution in [3.63, 3.8) is 0 Å². The summed E-state index contributed by atoms with van der Waals surface area (Å²) in [6.45, 7) is 4.30. The lowest BCUT2D eigenvalue weighted by atomic mass is 9.90. The predicted molar refractivity (Wildman–Crippen MR) is 62.0 cm³/mol. The number of hydrogen-bond donors (Lipinski definition) is 2. The summed E-state index contributed by atoms with van der Waals surface area (Å²) in [5, 5.41) is 3.38. The van der Waals surface area contributed by atoms with E-state index in [4.69, 9.17) is 15.2 Å². The molecule has 1 aromatic carbocycles.